The van der Waals surface area contributed by atoms with E-state index in [-0.39, 0.29) is 18.3 Å². The molecule has 0 spiro atoms. The molecule has 0 amide bonds. The number of nitrogens with one attached hydrogen (secondary N) is 1. The summed E-state index contributed by atoms with van der Waals surface area (Å²) < 4.78 is 22.6. The highest BCUT2D eigenvalue weighted by molar-refractivity contribution is 4.97. The number of hydrogen-bond acceptors (Lipinski definition) is 5. The zero-order valence-corrected chi connectivity index (χ0v) is 12.8. The second-order valence-electron chi connectivity index (χ2n) is 5.59. The summed E-state index contributed by atoms with van der Waals surface area (Å²) in [5, 5.41) is 3.45. The van der Waals surface area contributed by atoms with Crippen molar-refractivity contribution in [1.82, 2.24) is 5.32 Å². The molecule has 20 heavy (non-hydrogen) atoms. The van der Waals surface area contributed by atoms with Crippen LogP contribution in [0.5, 0.6) is 0 Å². The highest BCUT2D eigenvalue weighted by Gasteiger charge is 2.42. The minimum Gasteiger partial charge on any atom is -0.382 e. The normalized spacial score (nSPS) is 33.9. The minimum atomic E-state index is 0.147. The average Bonchev–Trinajstić information content (AvgIpc) is 2.47. The maximum absolute atomic E-state index is 6.01. The third kappa shape index (κ3) is 4.67. The largest absolute Gasteiger partial charge is 0.382 e. The molecule has 1 aliphatic carbocycles. The lowest BCUT2D eigenvalue weighted by Gasteiger charge is -2.44. The molecule has 2 aliphatic rings. The average molecular weight is 287 g/mol. The Morgan fingerprint density at radius 3 is 2.80 bits per heavy atom. The SMILES string of the molecule is CCNC1CC(OCC2CCCCO2)C1OCCOC. The molecule has 4 unspecified atom stereocenters. The van der Waals surface area contributed by atoms with E-state index in [0.717, 1.165) is 26.0 Å². The van der Waals surface area contributed by atoms with E-state index in [4.69, 9.17) is 18.9 Å². The second kappa shape index (κ2) is 8.95. The third-order valence-corrected chi connectivity index (χ3v) is 4.08. The fourth-order valence-electron chi connectivity index (χ4n) is 2.87. The van der Waals surface area contributed by atoms with Crippen LogP contribution in [0.15, 0.2) is 0 Å². The third-order valence-electron chi connectivity index (χ3n) is 4.08. The standard InChI is InChI=1S/C15H29NO4/c1-3-16-13-10-14(15(13)19-9-8-17-2)20-11-12-6-4-5-7-18-12/h12-16H,3-11H2,1-2H3. The zero-order valence-electron chi connectivity index (χ0n) is 12.8. The van der Waals surface area contributed by atoms with E-state index in [2.05, 4.69) is 12.2 Å². The van der Waals surface area contributed by atoms with Crippen molar-refractivity contribution in [2.75, 3.05) is 40.1 Å². The Bertz CT molecular complexity index is 258. The van der Waals surface area contributed by atoms with Gasteiger partial charge in [-0.1, -0.05) is 6.92 Å². The first kappa shape index (κ1) is 16.2. The molecule has 2 rings (SSSR count). The van der Waals surface area contributed by atoms with Gasteiger partial charge >= 0.3 is 0 Å². The van der Waals surface area contributed by atoms with Crippen LogP contribution in [0.3, 0.4) is 0 Å². The molecule has 1 saturated carbocycles. The van der Waals surface area contributed by atoms with E-state index in [1.807, 2.05) is 0 Å². The van der Waals surface area contributed by atoms with E-state index in [0.29, 0.717) is 25.9 Å². The van der Waals surface area contributed by atoms with Crippen LogP contribution in [-0.4, -0.2) is 64.4 Å². The first-order valence-corrected chi connectivity index (χ1v) is 7.92. The van der Waals surface area contributed by atoms with Gasteiger partial charge in [0.15, 0.2) is 0 Å². The Labute approximate surface area is 122 Å². The van der Waals surface area contributed by atoms with Crippen LogP contribution in [0.4, 0.5) is 0 Å². The van der Waals surface area contributed by atoms with Gasteiger partial charge in [0.05, 0.1) is 38.1 Å². The number of ether oxygens (including phenoxy) is 4. The fourth-order valence-corrected chi connectivity index (χ4v) is 2.87. The van der Waals surface area contributed by atoms with Crippen molar-refractivity contribution in [1.29, 1.82) is 0 Å². The monoisotopic (exact) mass is 287 g/mol. The smallest absolute Gasteiger partial charge is 0.0991 e. The first-order valence-electron chi connectivity index (χ1n) is 7.92. The summed E-state index contributed by atoms with van der Waals surface area (Å²) in [4.78, 5) is 0. The van der Waals surface area contributed by atoms with Gasteiger partial charge in [-0.05, 0) is 32.2 Å². The maximum Gasteiger partial charge on any atom is 0.0991 e. The molecule has 0 aromatic carbocycles. The highest BCUT2D eigenvalue weighted by atomic mass is 16.6. The molecule has 5 nitrogen and oxygen atoms in total. The number of methoxy groups -OCH3 is 1. The fraction of sp³-hybridized carbons (Fsp3) is 1.00. The minimum absolute atomic E-state index is 0.147. The van der Waals surface area contributed by atoms with Gasteiger partial charge in [-0.15, -0.1) is 0 Å². The van der Waals surface area contributed by atoms with E-state index in [1.165, 1.54) is 12.8 Å². The summed E-state index contributed by atoms with van der Waals surface area (Å²) in [7, 11) is 1.69. The maximum atomic E-state index is 6.01. The quantitative estimate of drug-likeness (QED) is 0.649. The lowest BCUT2D eigenvalue weighted by molar-refractivity contribution is -0.168. The summed E-state index contributed by atoms with van der Waals surface area (Å²) in [6, 6.07) is 0.411. The Balaban J connectivity index is 1.68. The predicted octanol–water partition coefficient (Wildman–Crippen LogP) is 1.35. The van der Waals surface area contributed by atoms with Gasteiger partial charge in [-0.25, -0.2) is 0 Å². The van der Waals surface area contributed by atoms with E-state index < -0.39 is 0 Å². The van der Waals surface area contributed by atoms with Crippen LogP contribution >= 0.6 is 0 Å². The lowest BCUT2D eigenvalue weighted by atomic mass is 9.85. The molecule has 4 atom stereocenters. The molecular weight excluding hydrogens is 258 g/mol. The molecule has 0 aromatic rings. The number of likely N-dealkylation sites (N-methyl/N-ethyl adjacent to an activating group) is 1. The Morgan fingerprint density at radius 1 is 1.20 bits per heavy atom. The van der Waals surface area contributed by atoms with E-state index in [1.54, 1.807) is 7.11 Å². The van der Waals surface area contributed by atoms with Crippen LogP contribution in [0.25, 0.3) is 0 Å². The van der Waals surface area contributed by atoms with Gasteiger partial charge in [0.1, 0.15) is 0 Å². The Hall–Kier alpha value is -0.200. The molecule has 1 aliphatic heterocycles. The molecule has 2 fully saturated rings. The van der Waals surface area contributed by atoms with Gasteiger partial charge in [0.25, 0.3) is 0 Å². The molecule has 1 saturated heterocycles. The van der Waals surface area contributed by atoms with E-state index in [9.17, 15) is 0 Å². The van der Waals surface area contributed by atoms with Gasteiger partial charge < -0.3 is 24.3 Å². The molecular formula is C15H29NO4. The summed E-state index contributed by atoms with van der Waals surface area (Å²) in [5.74, 6) is 0. The Kier molecular flexibility index (Phi) is 7.24. The molecule has 1 heterocycles. The van der Waals surface area contributed by atoms with Crippen LogP contribution in [0.2, 0.25) is 0 Å². The molecule has 0 aromatic heterocycles. The topological polar surface area (TPSA) is 49.0 Å². The predicted molar refractivity (Wildman–Crippen MR) is 77.0 cm³/mol. The summed E-state index contributed by atoms with van der Waals surface area (Å²) in [6.45, 7) is 5.93. The van der Waals surface area contributed by atoms with Gasteiger partial charge in [-0.3, -0.25) is 0 Å². The van der Waals surface area contributed by atoms with Crippen molar-refractivity contribution >= 4 is 0 Å². The molecule has 0 bridgehead atoms. The van der Waals surface area contributed by atoms with E-state index >= 15 is 0 Å². The second-order valence-corrected chi connectivity index (χ2v) is 5.59. The highest BCUT2D eigenvalue weighted by Crippen LogP contribution is 2.28. The van der Waals surface area contributed by atoms with Crippen LogP contribution in [-0.2, 0) is 18.9 Å². The summed E-state index contributed by atoms with van der Waals surface area (Å²) >= 11 is 0. The van der Waals surface area contributed by atoms with Crippen molar-refractivity contribution in [2.24, 2.45) is 0 Å². The van der Waals surface area contributed by atoms with Crippen molar-refractivity contribution in [2.45, 2.75) is 57.0 Å². The lowest BCUT2D eigenvalue weighted by Crippen LogP contribution is -2.60. The van der Waals surface area contributed by atoms with Gasteiger partial charge in [0.2, 0.25) is 0 Å². The van der Waals surface area contributed by atoms with Crippen molar-refractivity contribution in [3.05, 3.63) is 0 Å². The summed E-state index contributed by atoms with van der Waals surface area (Å²) in [5.41, 5.74) is 0. The zero-order chi connectivity index (χ0) is 14.2. The molecule has 118 valence electrons. The molecule has 5 heteroatoms. The van der Waals surface area contributed by atoms with Crippen molar-refractivity contribution < 1.29 is 18.9 Å². The Morgan fingerprint density at radius 2 is 2.10 bits per heavy atom. The number of hydrogen-bond donors (Lipinski definition) is 1. The summed E-state index contributed by atoms with van der Waals surface area (Å²) in [6.07, 6.45) is 5.21. The first-order chi connectivity index (χ1) is 9.85. The van der Waals surface area contributed by atoms with Crippen LogP contribution in [0, 0.1) is 0 Å². The van der Waals surface area contributed by atoms with Crippen LogP contribution < -0.4 is 5.32 Å². The molecule has 0 radical (unpaired) electrons. The van der Waals surface area contributed by atoms with Gasteiger partial charge in [0, 0.05) is 19.8 Å². The van der Waals surface area contributed by atoms with Gasteiger partial charge in [-0.2, -0.15) is 0 Å². The molecule has 1 N–H and O–H groups in total. The number of rotatable bonds is 9. The van der Waals surface area contributed by atoms with Crippen LogP contribution in [0.1, 0.15) is 32.6 Å². The van der Waals surface area contributed by atoms with Crippen molar-refractivity contribution in [3.63, 3.8) is 0 Å². The van der Waals surface area contributed by atoms with Crippen molar-refractivity contribution in [3.8, 4) is 0 Å².